The van der Waals surface area contributed by atoms with Gasteiger partial charge in [0.05, 0.1) is 7.11 Å². The number of alkyl carbamates (subject to hydrolysis) is 1. The topological polar surface area (TPSA) is 84.7 Å². The Morgan fingerprint density at radius 3 is 2.53 bits per heavy atom. The number of rotatable bonds is 5. The number of hydrogen-bond acceptors (Lipinski definition) is 4. The minimum Gasteiger partial charge on any atom is -0.453 e. The third kappa shape index (κ3) is 4.36. The summed E-state index contributed by atoms with van der Waals surface area (Å²) < 4.78 is 5.79. The molecule has 1 saturated heterocycles. The minimum atomic E-state index is -0.893. The molecule has 3 N–H and O–H groups in total. The fraction of sp³-hybridized carbons (Fsp3) is 0.280. The minimum absolute atomic E-state index is 0.236. The van der Waals surface area contributed by atoms with Gasteiger partial charge in [-0.05, 0) is 53.7 Å². The molecule has 1 fully saturated rings. The summed E-state index contributed by atoms with van der Waals surface area (Å²) in [5.41, 5.74) is 10.0. The Balaban J connectivity index is 1.57. The molecule has 7 heteroatoms. The molecule has 32 heavy (non-hydrogen) atoms. The zero-order valence-electron chi connectivity index (χ0n) is 17.9. The molecule has 0 bridgehead atoms. The van der Waals surface area contributed by atoms with Crippen molar-refractivity contribution in [3.63, 3.8) is 0 Å². The van der Waals surface area contributed by atoms with Gasteiger partial charge in [0.15, 0.2) is 0 Å². The molecule has 2 aromatic rings. The fourth-order valence-electron chi connectivity index (χ4n) is 4.43. The molecule has 1 heterocycles. The van der Waals surface area contributed by atoms with E-state index < -0.39 is 17.8 Å². The average molecular weight is 496 g/mol. The number of benzene rings is 2. The van der Waals surface area contributed by atoms with Crippen LogP contribution in [0.5, 0.6) is 0 Å². The Morgan fingerprint density at radius 1 is 1.12 bits per heavy atom. The van der Waals surface area contributed by atoms with Crippen molar-refractivity contribution in [3.8, 4) is 0 Å². The number of hydrogen-bond donors (Lipinski definition) is 2. The van der Waals surface area contributed by atoms with Gasteiger partial charge in [-0.2, -0.15) is 0 Å². The van der Waals surface area contributed by atoms with Gasteiger partial charge in [0.1, 0.15) is 11.7 Å². The van der Waals surface area contributed by atoms with Crippen LogP contribution in [0.2, 0.25) is 0 Å². The first kappa shape index (κ1) is 22.3. The van der Waals surface area contributed by atoms with E-state index in [0.717, 1.165) is 22.0 Å². The number of halogens is 1. The van der Waals surface area contributed by atoms with E-state index >= 15 is 0 Å². The highest BCUT2D eigenvalue weighted by Gasteiger charge is 2.46. The van der Waals surface area contributed by atoms with Crippen LogP contribution in [0, 0.1) is 0 Å². The smallest absolute Gasteiger partial charge is 0.407 e. The van der Waals surface area contributed by atoms with E-state index in [2.05, 4.69) is 39.5 Å². The average Bonchev–Trinajstić information content (AvgIpc) is 3.46. The molecule has 1 aliphatic carbocycles. The number of carbonyl (C=O) groups excluding carboxylic acids is 2. The van der Waals surface area contributed by atoms with Gasteiger partial charge in [-0.3, -0.25) is 4.79 Å². The van der Waals surface area contributed by atoms with E-state index in [4.69, 9.17) is 10.5 Å². The highest BCUT2D eigenvalue weighted by Crippen LogP contribution is 2.41. The van der Waals surface area contributed by atoms with Crippen molar-refractivity contribution in [1.82, 2.24) is 10.2 Å². The molecule has 0 unspecified atom stereocenters. The maximum atomic E-state index is 13.7. The Morgan fingerprint density at radius 2 is 1.84 bits per heavy atom. The van der Waals surface area contributed by atoms with Crippen LogP contribution in [0.4, 0.5) is 4.79 Å². The van der Waals surface area contributed by atoms with Gasteiger partial charge in [-0.25, -0.2) is 4.79 Å². The van der Waals surface area contributed by atoms with Crippen molar-refractivity contribution in [1.29, 1.82) is 0 Å². The summed E-state index contributed by atoms with van der Waals surface area (Å²) in [4.78, 5) is 27.4. The molecule has 2 atom stereocenters. The summed E-state index contributed by atoms with van der Waals surface area (Å²) in [6.45, 7) is 0.534. The number of carbonyl (C=O) groups is 2. The van der Waals surface area contributed by atoms with Crippen LogP contribution in [0.25, 0.3) is 5.57 Å². The van der Waals surface area contributed by atoms with E-state index in [1.165, 1.54) is 12.7 Å². The number of ether oxygens (including phenoxy) is 1. The van der Waals surface area contributed by atoms with E-state index in [1.807, 2.05) is 48.5 Å². The molecule has 166 valence electrons. The van der Waals surface area contributed by atoms with Gasteiger partial charge in [0.2, 0.25) is 0 Å². The van der Waals surface area contributed by atoms with Crippen molar-refractivity contribution in [2.24, 2.45) is 5.73 Å². The fourth-order valence-corrected chi connectivity index (χ4v) is 4.70. The van der Waals surface area contributed by atoms with Crippen LogP contribution in [-0.2, 0) is 9.53 Å². The third-order valence-electron chi connectivity index (χ3n) is 6.15. The Hall–Kier alpha value is -2.90. The first-order valence-corrected chi connectivity index (χ1v) is 11.4. The molecule has 1 aliphatic heterocycles. The van der Waals surface area contributed by atoms with Gasteiger partial charge in [-0.1, -0.05) is 70.5 Å². The van der Waals surface area contributed by atoms with Crippen LogP contribution in [-0.4, -0.2) is 36.2 Å². The lowest BCUT2D eigenvalue weighted by atomic mass is 9.92. The molecule has 2 amide bonds. The number of amides is 2. The number of nitrogens with one attached hydrogen (secondary N) is 1. The lowest BCUT2D eigenvalue weighted by molar-refractivity contribution is -0.136. The number of methoxy groups -OCH3 is 1. The summed E-state index contributed by atoms with van der Waals surface area (Å²) in [7, 11) is 1.28. The van der Waals surface area contributed by atoms with E-state index in [0.29, 0.717) is 24.9 Å². The molecule has 6 nitrogen and oxygen atoms in total. The highest BCUT2D eigenvalue weighted by atomic mass is 79.9. The second-order valence-electron chi connectivity index (χ2n) is 8.06. The molecule has 0 saturated carbocycles. The van der Waals surface area contributed by atoms with Crippen molar-refractivity contribution < 1.29 is 14.3 Å². The number of allylic oxidation sites excluding steroid dienone is 3. The molecule has 4 rings (SSSR count). The van der Waals surface area contributed by atoms with Gasteiger partial charge in [0, 0.05) is 11.0 Å². The Kier molecular flexibility index (Phi) is 6.48. The van der Waals surface area contributed by atoms with Crippen molar-refractivity contribution in [2.45, 2.75) is 31.0 Å². The zero-order valence-corrected chi connectivity index (χ0v) is 19.5. The lowest BCUT2D eigenvalue weighted by Gasteiger charge is -2.38. The zero-order chi connectivity index (χ0) is 22.7. The molecule has 0 radical (unpaired) electrons. The van der Waals surface area contributed by atoms with Crippen LogP contribution in [0.15, 0.2) is 76.8 Å². The highest BCUT2D eigenvalue weighted by molar-refractivity contribution is 9.10. The third-order valence-corrected chi connectivity index (χ3v) is 6.68. The van der Waals surface area contributed by atoms with Crippen LogP contribution >= 0.6 is 15.9 Å². The van der Waals surface area contributed by atoms with Crippen molar-refractivity contribution in [3.05, 3.63) is 87.9 Å². The standard InChI is InChI=1S/C25H26BrN3O3/c1-32-24(31)28-22(18-6-3-2-4-7-18)23(30)29-15-5-14-25(29,27)20-11-8-19(16-20)17-9-12-21(26)13-10-17/h2-4,6-13,22H,5,14-16,27H2,1H3,(H,28,31)/t22-,25+/m1/s1. The summed E-state index contributed by atoms with van der Waals surface area (Å²) in [5.74, 6) is -0.236. The molecule has 0 spiro atoms. The lowest BCUT2D eigenvalue weighted by Crippen LogP contribution is -2.58. The predicted molar refractivity (Wildman–Crippen MR) is 127 cm³/mol. The maximum Gasteiger partial charge on any atom is 0.407 e. The Labute approximate surface area is 196 Å². The van der Waals surface area contributed by atoms with Gasteiger partial charge >= 0.3 is 6.09 Å². The normalized spacial score (nSPS) is 21.0. The van der Waals surface area contributed by atoms with Gasteiger partial charge in [0.25, 0.3) is 5.91 Å². The van der Waals surface area contributed by atoms with E-state index in [1.54, 1.807) is 4.90 Å². The molecule has 2 aromatic carbocycles. The number of nitrogens with two attached hydrogens (primary N) is 1. The molecule has 0 aromatic heterocycles. The van der Waals surface area contributed by atoms with E-state index in [-0.39, 0.29) is 5.91 Å². The summed E-state index contributed by atoms with van der Waals surface area (Å²) >= 11 is 3.47. The first-order chi connectivity index (χ1) is 15.4. The first-order valence-electron chi connectivity index (χ1n) is 10.6. The van der Waals surface area contributed by atoms with Crippen molar-refractivity contribution >= 4 is 33.5 Å². The monoisotopic (exact) mass is 495 g/mol. The second-order valence-corrected chi connectivity index (χ2v) is 8.98. The second kappa shape index (κ2) is 9.30. The van der Waals surface area contributed by atoms with Gasteiger partial charge < -0.3 is 20.7 Å². The molecule has 2 aliphatic rings. The van der Waals surface area contributed by atoms with E-state index in [9.17, 15) is 9.59 Å². The SMILES string of the molecule is COC(=O)N[C@@H](C(=O)N1CCC[C@@]1(N)C1=CC=C(c2ccc(Br)cc2)C1)c1ccccc1. The number of nitrogens with zero attached hydrogens (tertiary/aromatic N) is 1. The molecular weight excluding hydrogens is 470 g/mol. The summed E-state index contributed by atoms with van der Waals surface area (Å²) in [6.07, 6.45) is 5.61. The quantitative estimate of drug-likeness (QED) is 0.637. The van der Waals surface area contributed by atoms with Crippen molar-refractivity contribution in [2.75, 3.05) is 13.7 Å². The van der Waals surface area contributed by atoms with Crippen LogP contribution in [0.1, 0.15) is 36.4 Å². The molecular formula is C25H26BrN3O3. The largest absolute Gasteiger partial charge is 0.453 e. The number of likely N-dealkylation sites (tertiary alicyclic amines) is 1. The van der Waals surface area contributed by atoms with Crippen LogP contribution < -0.4 is 11.1 Å². The maximum absolute atomic E-state index is 13.7. The Bertz CT molecular complexity index is 1070. The van der Waals surface area contributed by atoms with Gasteiger partial charge in [-0.15, -0.1) is 0 Å². The summed E-state index contributed by atoms with van der Waals surface area (Å²) in [5, 5.41) is 2.68. The van der Waals surface area contributed by atoms with Crippen LogP contribution in [0.3, 0.4) is 0 Å². The predicted octanol–water partition coefficient (Wildman–Crippen LogP) is 4.54. The summed E-state index contributed by atoms with van der Waals surface area (Å²) in [6, 6.07) is 16.5.